The third-order valence-electron chi connectivity index (χ3n) is 5.67. The number of rotatable bonds is 5. The van der Waals surface area contributed by atoms with Gasteiger partial charge in [-0.2, -0.15) is 0 Å². The molecular weight excluding hydrogens is 266 g/mol. The Bertz CT molecular complexity index is 519. The van der Waals surface area contributed by atoms with Gasteiger partial charge in [0.1, 0.15) is 0 Å². The number of nitrogens with two attached hydrogens (primary N) is 1. The molecule has 2 saturated carbocycles. The Morgan fingerprint density at radius 1 is 1.29 bits per heavy atom. The molecule has 3 N–H and O–H groups in total. The van der Waals surface area contributed by atoms with Crippen molar-refractivity contribution in [1.29, 1.82) is 0 Å². The summed E-state index contributed by atoms with van der Waals surface area (Å²) in [6.45, 7) is 0.545. The van der Waals surface area contributed by atoms with Gasteiger partial charge in [-0.1, -0.05) is 12.5 Å². The van der Waals surface area contributed by atoms with E-state index >= 15 is 0 Å². The second-order valence-electron chi connectivity index (χ2n) is 6.53. The van der Waals surface area contributed by atoms with Crippen LogP contribution in [-0.2, 0) is 0 Å². The third kappa shape index (κ3) is 2.21. The minimum absolute atomic E-state index is 0.164. The molecule has 0 saturated heterocycles. The first kappa shape index (κ1) is 14.7. The van der Waals surface area contributed by atoms with Gasteiger partial charge in [-0.15, -0.1) is 0 Å². The molecule has 21 heavy (non-hydrogen) atoms. The van der Waals surface area contributed by atoms with E-state index in [1.54, 1.807) is 14.2 Å². The molecule has 116 valence electrons. The summed E-state index contributed by atoms with van der Waals surface area (Å²) >= 11 is 0. The van der Waals surface area contributed by atoms with Crippen LogP contribution in [0, 0.1) is 17.3 Å². The van der Waals surface area contributed by atoms with Crippen molar-refractivity contribution in [2.75, 3.05) is 20.8 Å². The molecule has 4 nitrogen and oxygen atoms in total. The predicted octanol–water partition coefficient (Wildman–Crippen LogP) is 2.50. The summed E-state index contributed by atoms with van der Waals surface area (Å²) in [4.78, 5) is 0. The molecule has 0 aliphatic heterocycles. The van der Waals surface area contributed by atoms with Gasteiger partial charge in [-0.05, 0) is 48.8 Å². The quantitative estimate of drug-likeness (QED) is 0.875. The number of aliphatic hydroxyl groups is 1. The Labute approximate surface area is 126 Å². The first-order valence-electron chi connectivity index (χ1n) is 7.74. The van der Waals surface area contributed by atoms with Crippen LogP contribution in [0.25, 0.3) is 0 Å². The van der Waals surface area contributed by atoms with Gasteiger partial charge in [-0.25, -0.2) is 0 Å². The van der Waals surface area contributed by atoms with Crippen molar-refractivity contribution >= 4 is 0 Å². The van der Waals surface area contributed by atoms with E-state index in [0.29, 0.717) is 24.0 Å². The van der Waals surface area contributed by atoms with Gasteiger partial charge in [0.15, 0.2) is 11.5 Å². The van der Waals surface area contributed by atoms with Crippen molar-refractivity contribution in [2.45, 2.75) is 31.8 Å². The molecule has 4 unspecified atom stereocenters. The lowest BCUT2D eigenvalue weighted by molar-refractivity contribution is -0.0131. The number of benzene rings is 1. The predicted molar refractivity (Wildman–Crippen MR) is 81.4 cm³/mol. The molecule has 2 aliphatic rings. The fourth-order valence-corrected chi connectivity index (χ4v) is 4.54. The lowest BCUT2D eigenvalue weighted by atomic mass is 9.67. The summed E-state index contributed by atoms with van der Waals surface area (Å²) in [5.74, 6) is 2.64. The van der Waals surface area contributed by atoms with Crippen molar-refractivity contribution in [3.63, 3.8) is 0 Å². The molecule has 1 aromatic rings. The number of ether oxygens (including phenoxy) is 2. The zero-order valence-corrected chi connectivity index (χ0v) is 12.8. The van der Waals surface area contributed by atoms with E-state index in [9.17, 15) is 5.11 Å². The summed E-state index contributed by atoms with van der Waals surface area (Å²) < 4.78 is 10.6. The van der Waals surface area contributed by atoms with Crippen LogP contribution in [0.2, 0.25) is 0 Å². The zero-order chi connectivity index (χ0) is 15.0. The molecule has 3 rings (SSSR count). The van der Waals surface area contributed by atoms with Crippen LogP contribution in [0.1, 0.15) is 37.4 Å². The Morgan fingerprint density at radius 3 is 2.57 bits per heavy atom. The number of fused-ring (bicyclic) bond motifs is 2. The van der Waals surface area contributed by atoms with Crippen LogP contribution in [0.4, 0.5) is 0 Å². The average Bonchev–Trinajstić information content (AvgIpc) is 3.14. The van der Waals surface area contributed by atoms with Gasteiger partial charge in [-0.3, -0.25) is 0 Å². The van der Waals surface area contributed by atoms with Crippen LogP contribution >= 0.6 is 0 Å². The molecule has 2 aliphatic carbocycles. The van der Waals surface area contributed by atoms with Crippen LogP contribution in [0.3, 0.4) is 0 Å². The maximum Gasteiger partial charge on any atom is 0.161 e. The second kappa shape index (κ2) is 5.50. The lowest BCUT2D eigenvalue weighted by Crippen LogP contribution is -2.41. The van der Waals surface area contributed by atoms with Crippen LogP contribution in [0.15, 0.2) is 18.2 Å². The normalized spacial score (nSPS) is 32.2. The molecule has 0 spiro atoms. The fraction of sp³-hybridized carbons (Fsp3) is 0.647. The standard InChI is InChI=1S/C17H25NO3/c1-20-14-6-4-12(8-15(14)21-2)16(19)17(10-18)9-11-3-5-13(17)7-11/h4,6,8,11,13,16,19H,3,5,7,9-10,18H2,1-2H3. The van der Waals surface area contributed by atoms with Gasteiger partial charge in [0.2, 0.25) is 0 Å². The number of hydrogen-bond acceptors (Lipinski definition) is 4. The van der Waals surface area contributed by atoms with Crippen LogP contribution in [0.5, 0.6) is 11.5 Å². The van der Waals surface area contributed by atoms with Gasteiger partial charge < -0.3 is 20.3 Å². The summed E-state index contributed by atoms with van der Waals surface area (Å²) in [6, 6.07) is 5.66. The van der Waals surface area contributed by atoms with Crippen molar-refractivity contribution in [1.82, 2.24) is 0 Å². The zero-order valence-electron chi connectivity index (χ0n) is 12.8. The van der Waals surface area contributed by atoms with Crippen molar-refractivity contribution < 1.29 is 14.6 Å². The number of hydrogen-bond donors (Lipinski definition) is 2. The van der Waals surface area contributed by atoms with Gasteiger partial charge >= 0.3 is 0 Å². The van der Waals surface area contributed by atoms with E-state index in [1.807, 2.05) is 18.2 Å². The monoisotopic (exact) mass is 291 g/mol. The Balaban J connectivity index is 1.92. The van der Waals surface area contributed by atoms with Crippen LogP contribution in [-0.4, -0.2) is 25.9 Å². The summed E-state index contributed by atoms with van der Waals surface area (Å²) in [6.07, 6.45) is 4.24. The van der Waals surface area contributed by atoms with Crippen molar-refractivity contribution in [3.8, 4) is 11.5 Å². The van der Waals surface area contributed by atoms with Crippen molar-refractivity contribution in [3.05, 3.63) is 23.8 Å². The molecule has 0 radical (unpaired) electrons. The molecular formula is C17H25NO3. The first-order valence-corrected chi connectivity index (χ1v) is 7.74. The summed E-state index contributed by atoms with van der Waals surface area (Å²) in [5, 5.41) is 11.0. The van der Waals surface area contributed by atoms with E-state index < -0.39 is 6.10 Å². The fourth-order valence-electron chi connectivity index (χ4n) is 4.54. The summed E-state index contributed by atoms with van der Waals surface area (Å²) in [7, 11) is 3.23. The van der Waals surface area contributed by atoms with E-state index in [4.69, 9.17) is 15.2 Å². The molecule has 2 fully saturated rings. The average molecular weight is 291 g/mol. The topological polar surface area (TPSA) is 64.7 Å². The highest BCUT2D eigenvalue weighted by Crippen LogP contribution is 2.60. The smallest absolute Gasteiger partial charge is 0.161 e. The molecule has 4 atom stereocenters. The largest absolute Gasteiger partial charge is 0.493 e. The highest BCUT2D eigenvalue weighted by atomic mass is 16.5. The van der Waals surface area contributed by atoms with Crippen LogP contribution < -0.4 is 15.2 Å². The number of aliphatic hydroxyl groups excluding tert-OH is 1. The minimum atomic E-state index is -0.530. The molecule has 2 bridgehead atoms. The van der Waals surface area contributed by atoms with Crippen molar-refractivity contribution in [2.24, 2.45) is 23.0 Å². The maximum absolute atomic E-state index is 11.0. The van der Waals surface area contributed by atoms with E-state index in [2.05, 4.69) is 0 Å². The summed E-state index contributed by atoms with van der Waals surface area (Å²) in [5.41, 5.74) is 6.82. The van der Waals surface area contributed by atoms with Gasteiger partial charge in [0.25, 0.3) is 0 Å². The van der Waals surface area contributed by atoms with Gasteiger partial charge in [0, 0.05) is 12.0 Å². The third-order valence-corrected chi connectivity index (χ3v) is 5.67. The Morgan fingerprint density at radius 2 is 2.05 bits per heavy atom. The highest BCUT2D eigenvalue weighted by molar-refractivity contribution is 5.44. The maximum atomic E-state index is 11.0. The molecule has 4 heteroatoms. The molecule has 0 amide bonds. The molecule has 1 aromatic carbocycles. The van der Waals surface area contributed by atoms with E-state index in [1.165, 1.54) is 19.3 Å². The Hall–Kier alpha value is -1.26. The van der Waals surface area contributed by atoms with E-state index in [-0.39, 0.29) is 5.41 Å². The first-order chi connectivity index (χ1) is 10.1. The second-order valence-corrected chi connectivity index (χ2v) is 6.53. The lowest BCUT2D eigenvalue weighted by Gasteiger charge is -2.41. The van der Waals surface area contributed by atoms with E-state index in [0.717, 1.165) is 17.9 Å². The molecule has 0 heterocycles. The van der Waals surface area contributed by atoms with Gasteiger partial charge in [0.05, 0.1) is 20.3 Å². The molecule has 0 aromatic heterocycles. The Kier molecular flexibility index (Phi) is 3.84. The highest BCUT2D eigenvalue weighted by Gasteiger charge is 2.54. The number of methoxy groups -OCH3 is 2. The minimum Gasteiger partial charge on any atom is -0.493 e. The SMILES string of the molecule is COc1ccc(C(O)C2(CN)CC3CCC2C3)cc1OC.